The molecule has 0 radical (unpaired) electrons. The zero-order valence-corrected chi connectivity index (χ0v) is 22.3. The summed E-state index contributed by atoms with van der Waals surface area (Å²) in [5, 5.41) is -0.253. The van der Waals surface area contributed by atoms with Crippen LogP contribution in [-0.4, -0.2) is 51.4 Å². The Bertz CT molecular complexity index is 1170. The third-order valence-corrected chi connectivity index (χ3v) is 7.09. The number of carbonyl (C=O) groups excluding carboxylic acids is 1. The number of hydrogen-bond donors (Lipinski definition) is 0. The van der Waals surface area contributed by atoms with E-state index in [1.165, 1.54) is 12.1 Å². The molecule has 1 aromatic carbocycles. The van der Waals surface area contributed by atoms with Gasteiger partial charge in [-0.15, -0.1) is 0 Å². The number of pyridine rings is 1. The van der Waals surface area contributed by atoms with Crippen LogP contribution in [0.5, 0.6) is 0 Å². The van der Waals surface area contributed by atoms with E-state index in [2.05, 4.69) is 9.71 Å². The van der Waals surface area contributed by atoms with Crippen LogP contribution >= 0.6 is 11.6 Å². The van der Waals surface area contributed by atoms with Crippen LogP contribution in [-0.2, 0) is 25.7 Å². The molecule has 2 fully saturated rings. The van der Waals surface area contributed by atoms with Crippen molar-refractivity contribution >= 4 is 33.3 Å². The standard InChI is InChI=1S/C21H21ClF3N3O5S.Na/c22-14-2-4-16(17(12-14)21(23,24)25)19(29)27-34(30,31)15-3-5-18(26-13-15)28-8-6-20(7-9-28)32-10-1-11-33-20;/h2-5,12-13H,1,6-11H2,(H,27,29);/q;+1/p-1. The van der Waals surface area contributed by atoms with E-state index in [9.17, 15) is 26.4 Å². The molecular formula is C21H20ClF3N3NaO5S. The molecule has 0 atom stereocenters. The molecule has 14 heteroatoms. The molecule has 35 heavy (non-hydrogen) atoms. The summed E-state index contributed by atoms with van der Waals surface area (Å²) < 4.78 is 79.5. The first-order valence-corrected chi connectivity index (χ1v) is 12.2. The van der Waals surface area contributed by atoms with Gasteiger partial charge in [-0.2, -0.15) is 13.2 Å². The van der Waals surface area contributed by atoms with E-state index in [-0.39, 0.29) is 34.6 Å². The molecule has 2 saturated heterocycles. The number of halogens is 4. The molecule has 8 nitrogen and oxygen atoms in total. The van der Waals surface area contributed by atoms with Crippen molar-refractivity contribution in [2.75, 3.05) is 31.2 Å². The number of sulfonamides is 1. The van der Waals surface area contributed by atoms with Crippen molar-refractivity contribution < 1.29 is 65.4 Å². The molecule has 2 aromatic rings. The van der Waals surface area contributed by atoms with Gasteiger partial charge in [0.25, 0.3) is 0 Å². The Labute approximate surface area is 227 Å². The van der Waals surface area contributed by atoms with Gasteiger partial charge in [-0.3, -0.25) is 0 Å². The number of piperidine rings is 1. The molecule has 184 valence electrons. The molecule has 2 aliphatic heterocycles. The fraction of sp³-hybridized carbons (Fsp3) is 0.429. The summed E-state index contributed by atoms with van der Waals surface area (Å²) in [5.41, 5.74) is -2.29. The normalized spacial score (nSPS) is 18.1. The predicted molar refractivity (Wildman–Crippen MR) is 116 cm³/mol. The number of benzene rings is 1. The van der Waals surface area contributed by atoms with Crippen LogP contribution in [0.15, 0.2) is 41.4 Å². The van der Waals surface area contributed by atoms with Crippen molar-refractivity contribution in [3.63, 3.8) is 0 Å². The Hall–Kier alpha value is -1.41. The first-order valence-electron chi connectivity index (χ1n) is 10.4. The maximum atomic E-state index is 13.3. The van der Waals surface area contributed by atoms with Crippen LogP contribution in [0.4, 0.5) is 19.0 Å². The monoisotopic (exact) mass is 541 g/mol. The fourth-order valence-electron chi connectivity index (χ4n) is 3.84. The number of carbonyl (C=O) groups is 1. The maximum absolute atomic E-state index is 13.3. The van der Waals surface area contributed by atoms with Crippen LogP contribution in [0.25, 0.3) is 4.72 Å². The number of amides is 1. The Kier molecular flexibility index (Phi) is 8.78. The van der Waals surface area contributed by atoms with Gasteiger partial charge in [0, 0.05) is 42.7 Å². The Morgan fingerprint density at radius 2 is 1.77 bits per heavy atom. The van der Waals surface area contributed by atoms with Gasteiger partial charge in [-0.25, -0.2) is 13.4 Å². The van der Waals surface area contributed by atoms with Crippen LogP contribution in [0, 0.1) is 0 Å². The van der Waals surface area contributed by atoms with Crippen LogP contribution in [0.1, 0.15) is 35.2 Å². The van der Waals surface area contributed by atoms with Crippen molar-refractivity contribution in [3.05, 3.63) is 57.4 Å². The molecule has 0 unspecified atom stereocenters. The van der Waals surface area contributed by atoms with Gasteiger partial charge in [0.1, 0.15) is 15.8 Å². The van der Waals surface area contributed by atoms with Gasteiger partial charge >= 0.3 is 35.7 Å². The zero-order chi connectivity index (χ0) is 24.6. The zero-order valence-electron chi connectivity index (χ0n) is 18.7. The van der Waals surface area contributed by atoms with Crippen molar-refractivity contribution in [3.8, 4) is 0 Å². The minimum atomic E-state index is -4.92. The second-order valence-electron chi connectivity index (χ2n) is 7.86. The van der Waals surface area contributed by atoms with E-state index in [0.717, 1.165) is 24.8 Å². The van der Waals surface area contributed by atoms with Gasteiger partial charge in [-0.1, -0.05) is 17.7 Å². The second-order valence-corrected chi connectivity index (χ2v) is 9.90. The van der Waals surface area contributed by atoms with Crippen molar-refractivity contribution in [1.82, 2.24) is 4.98 Å². The third kappa shape index (κ3) is 6.48. The number of aromatic nitrogens is 1. The van der Waals surface area contributed by atoms with Gasteiger partial charge in [-0.05, 0) is 30.7 Å². The SMILES string of the molecule is O=C([N-]S(=O)(=O)c1ccc(N2CCC3(CC2)OCCCO3)nc1)c1ccc(Cl)cc1C(F)(F)F.[Na+]. The van der Waals surface area contributed by atoms with E-state index in [1.54, 1.807) is 0 Å². The van der Waals surface area contributed by atoms with E-state index in [4.69, 9.17) is 21.1 Å². The maximum Gasteiger partial charge on any atom is 1.00 e. The molecule has 1 amide bonds. The number of alkyl halides is 3. The molecule has 0 N–H and O–H groups in total. The van der Waals surface area contributed by atoms with E-state index in [0.29, 0.717) is 51.0 Å². The summed E-state index contributed by atoms with van der Waals surface area (Å²) in [7, 11) is -4.60. The molecule has 0 aliphatic carbocycles. The van der Waals surface area contributed by atoms with Crippen molar-refractivity contribution in [2.45, 2.75) is 36.1 Å². The van der Waals surface area contributed by atoms with Gasteiger partial charge < -0.3 is 23.9 Å². The molecule has 0 saturated carbocycles. The van der Waals surface area contributed by atoms with Crippen molar-refractivity contribution in [1.29, 1.82) is 0 Å². The van der Waals surface area contributed by atoms with Crippen LogP contribution < -0.4 is 34.5 Å². The summed E-state index contributed by atoms with van der Waals surface area (Å²) >= 11 is 5.59. The summed E-state index contributed by atoms with van der Waals surface area (Å²) in [6, 6.07) is 5.04. The first kappa shape index (κ1) is 28.2. The van der Waals surface area contributed by atoms with Gasteiger partial charge in [0.2, 0.25) is 0 Å². The quantitative estimate of drug-likeness (QED) is 0.539. The Morgan fingerprint density at radius 1 is 1.11 bits per heavy atom. The molecule has 4 rings (SSSR count). The summed E-state index contributed by atoms with van der Waals surface area (Å²) in [6.07, 6.45) is -1.79. The number of nitrogens with zero attached hydrogens (tertiary/aromatic N) is 3. The smallest absolute Gasteiger partial charge is 0.537 e. The first-order chi connectivity index (χ1) is 16.0. The topological polar surface area (TPSA) is 99.9 Å². The summed E-state index contributed by atoms with van der Waals surface area (Å²) in [5.74, 6) is -1.64. The second kappa shape index (κ2) is 10.9. The fourth-order valence-corrected chi connectivity index (χ4v) is 4.86. The molecule has 2 aliphatic rings. The Morgan fingerprint density at radius 3 is 2.34 bits per heavy atom. The molecular weight excluding hydrogens is 522 g/mol. The largest absolute Gasteiger partial charge is 1.00 e. The van der Waals surface area contributed by atoms with E-state index in [1.807, 2.05) is 4.90 Å². The summed E-state index contributed by atoms with van der Waals surface area (Å²) in [4.78, 5) is 18.0. The number of anilines is 1. The molecule has 0 bridgehead atoms. The number of ether oxygens (including phenoxy) is 2. The van der Waals surface area contributed by atoms with Gasteiger partial charge in [0.15, 0.2) is 5.79 Å². The average molecular weight is 542 g/mol. The average Bonchev–Trinajstić information content (AvgIpc) is 2.79. The molecule has 1 spiro atoms. The minimum absolute atomic E-state index is 0. The summed E-state index contributed by atoms with van der Waals surface area (Å²) in [6.45, 7) is 2.46. The number of rotatable bonds is 4. The van der Waals surface area contributed by atoms with Crippen molar-refractivity contribution in [2.24, 2.45) is 0 Å². The molecule has 1 aromatic heterocycles. The van der Waals surface area contributed by atoms with Crippen LogP contribution in [0.3, 0.4) is 0 Å². The van der Waals surface area contributed by atoms with E-state index < -0.39 is 43.9 Å². The predicted octanol–water partition coefficient (Wildman–Crippen LogP) is 1.39. The van der Waals surface area contributed by atoms with Gasteiger partial charge in [0.05, 0.1) is 29.6 Å². The third-order valence-electron chi connectivity index (χ3n) is 5.61. The Balaban J connectivity index is 0.00000342. The minimum Gasteiger partial charge on any atom is -0.537 e. The number of hydrogen-bond acceptors (Lipinski definition) is 7. The van der Waals surface area contributed by atoms with Crippen LogP contribution in [0.2, 0.25) is 5.02 Å². The van der Waals surface area contributed by atoms with E-state index >= 15 is 0 Å². The molecule has 3 heterocycles.